The Morgan fingerprint density at radius 3 is 2.57 bits per heavy atom. The minimum absolute atomic E-state index is 0.0590. The van der Waals surface area contributed by atoms with Crippen LogP contribution in [0, 0.1) is 12.8 Å². The summed E-state index contributed by atoms with van der Waals surface area (Å²) in [5.74, 6) is 2.02. The Morgan fingerprint density at radius 2 is 2.00 bits per heavy atom. The van der Waals surface area contributed by atoms with Crippen molar-refractivity contribution in [2.45, 2.75) is 52.5 Å². The zero-order chi connectivity index (χ0) is 15.6. The van der Waals surface area contributed by atoms with Gasteiger partial charge in [-0.3, -0.25) is 4.79 Å². The first kappa shape index (κ1) is 15.9. The normalized spacial score (nSPS) is 15.9. The lowest BCUT2D eigenvalue weighted by atomic mass is 10.0. The van der Waals surface area contributed by atoms with Gasteiger partial charge in [-0.25, -0.2) is 0 Å². The molecular formula is C18H27NO2. The number of ether oxygens (including phenoxy) is 1. The van der Waals surface area contributed by atoms with Crippen LogP contribution in [-0.4, -0.2) is 30.5 Å². The van der Waals surface area contributed by atoms with Gasteiger partial charge < -0.3 is 9.64 Å². The smallest absolute Gasteiger partial charge is 0.260 e. The molecule has 1 saturated carbocycles. The van der Waals surface area contributed by atoms with E-state index in [1.807, 2.05) is 18.9 Å². The highest BCUT2D eigenvalue weighted by molar-refractivity contribution is 5.77. The van der Waals surface area contributed by atoms with Gasteiger partial charge in [0, 0.05) is 13.1 Å². The summed E-state index contributed by atoms with van der Waals surface area (Å²) in [6.45, 7) is 8.58. The van der Waals surface area contributed by atoms with Crippen LogP contribution in [0.3, 0.4) is 0 Å². The van der Waals surface area contributed by atoms with Crippen molar-refractivity contribution in [2.24, 2.45) is 5.92 Å². The number of benzene rings is 1. The molecule has 0 heterocycles. The summed E-state index contributed by atoms with van der Waals surface area (Å²) >= 11 is 0. The van der Waals surface area contributed by atoms with Gasteiger partial charge in [0.1, 0.15) is 5.75 Å². The zero-order valence-electron chi connectivity index (χ0n) is 13.8. The van der Waals surface area contributed by atoms with Gasteiger partial charge in [0.2, 0.25) is 0 Å². The SMILES string of the molecule is Cc1ccc(C(C)C)cc1OCC(=O)N(C)C(C)C1CC1. The highest BCUT2D eigenvalue weighted by atomic mass is 16.5. The number of nitrogens with zero attached hydrogens (tertiary/aromatic N) is 1. The van der Waals surface area contributed by atoms with Crippen LogP contribution in [0.2, 0.25) is 0 Å². The van der Waals surface area contributed by atoms with Gasteiger partial charge in [-0.1, -0.05) is 26.0 Å². The maximum Gasteiger partial charge on any atom is 0.260 e. The molecule has 1 aromatic rings. The van der Waals surface area contributed by atoms with Crippen LogP contribution in [-0.2, 0) is 4.79 Å². The van der Waals surface area contributed by atoms with Crippen LogP contribution in [0.5, 0.6) is 5.75 Å². The summed E-state index contributed by atoms with van der Waals surface area (Å²) in [6, 6.07) is 6.56. The molecule has 0 saturated heterocycles. The molecule has 1 unspecified atom stereocenters. The molecule has 2 rings (SSSR count). The van der Waals surface area contributed by atoms with Crippen molar-refractivity contribution < 1.29 is 9.53 Å². The summed E-state index contributed by atoms with van der Waals surface area (Å²) in [6.07, 6.45) is 2.49. The molecule has 0 radical (unpaired) electrons. The van der Waals surface area contributed by atoms with Crippen molar-refractivity contribution in [3.8, 4) is 5.75 Å². The van der Waals surface area contributed by atoms with Gasteiger partial charge in [-0.05, 0) is 55.7 Å². The molecule has 0 aliphatic heterocycles. The van der Waals surface area contributed by atoms with Crippen molar-refractivity contribution >= 4 is 5.91 Å². The lowest BCUT2D eigenvalue weighted by Crippen LogP contribution is -2.39. The quantitative estimate of drug-likeness (QED) is 0.798. The minimum atomic E-state index is 0.0590. The fraction of sp³-hybridized carbons (Fsp3) is 0.611. The predicted molar refractivity (Wildman–Crippen MR) is 85.7 cm³/mol. The topological polar surface area (TPSA) is 29.5 Å². The van der Waals surface area contributed by atoms with Crippen LogP contribution < -0.4 is 4.74 Å². The molecule has 1 aromatic carbocycles. The van der Waals surface area contributed by atoms with E-state index >= 15 is 0 Å². The van der Waals surface area contributed by atoms with Gasteiger partial charge in [0.25, 0.3) is 5.91 Å². The average Bonchev–Trinajstić information content (AvgIpc) is 3.28. The second kappa shape index (κ2) is 6.50. The molecular weight excluding hydrogens is 262 g/mol. The first-order valence-electron chi connectivity index (χ1n) is 7.89. The molecule has 1 fully saturated rings. The van der Waals surface area contributed by atoms with Gasteiger partial charge in [-0.2, -0.15) is 0 Å². The van der Waals surface area contributed by atoms with E-state index in [0.29, 0.717) is 17.9 Å². The van der Waals surface area contributed by atoms with Crippen molar-refractivity contribution in [3.05, 3.63) is 29.3 Å². The summed E-state index contributed by atoms with van der Waals surface area (Å²) in [7, 11) is 1.88. The van der Waals surface area contributed by atoms with Gasteiger partial charge in [0.05, 0.1) is 0 Å². The van der Waals surface area contributed by atoms with E-state index in [9.17, 15) is 4.79 Å². The van der Waals surface area contributed by atoms with Crippen molar-refractivity contribution in [1.82, 2.24) is 4.90 Å². The molecule has 1 atom stereocenters. The van der Waals surface area contributed by atoms with Crippen molar-refractivity contribution in [1.29, 1.82) is 0 Å². The standard InChI is InChI=1S/C18H27NO2/c1-12(2)16-7-6-13(3)17(10-16)21-11-18(20)19(5)14(4)15-8-9-15/h6-7,10,12,14-15H,8-9,11H2,1-5H3. The maximum absolute atomic E-state index is 12.2. The number of hydrogen-bond acceptors (Lipinski definition) is 2. The number of carbonyl (C=O) groups excluding carboxylic acids is 1. The van der Waals surface area contributed by atoms with Crippen LogP contribution in [0.25, 0.3) is 0 Å². The predicted octanol–water partition coefficient (Wildman–Crippen LogP) is 3.75. The summed E-state index contributed by atoms with van der Waals surface area (Å²) in [5.41, 5.74) is 2.31. The fourth-order valence-corrected chi connectivity index (χ4v) is 2.49. The van der Waals surface area contributed by atoms with Gasteiger partial charge >= 0.3 is 0 Å². The molecule has 1 aliphatic rings. The van der Waals surface area contributed by atoms with Crippen LogP contribution in [0.15, 0.2) is 18.2 Å². The fourth-order valence-electron chi connectivity index (χ4n) is 2.49. The molecule has 0 N–H and O–H groups in total. The van der Waals surface area contributed by atoms with E-state index in [1.165, 1.54) is 18.4 Å². The van der Waals surface area contributed by atoms with Crippen LogP contribution >= 0.6 is 0 Å². The Labute approximate surface area is 128 Å². The third kappa shape index (κ3) is 3.99. The van der Waals surface area contributed by atoms with E-state index in [0.717, 1.165) is 11.3 Å². The Morgan fingerprint density at radius 1 is 1.33 bits per heavy atom. The first-order valence-corrected chi connectivity index (χ1v) is 7.89. The zero-order valence-corrected chi connectivity index (χ0v) is 13.8. The monoisotopic (exact) mass is 289 g/mol. The first-order chi connectivity index (χ1) is 9.90. The van der Waals surface area contributed by atoms with Crippen LogP contribution in [0.1, 0.15) is 50.7 Å². The molecule has 21 heavy (non-hydrogen) atoms. The lowest BCUT2D eigenvalue weighted by Gasteiger charge is -2.25. The van der Waals surface area contributed by atoms with Gasteiger partial charge in [-0.15, -0.1) is 0 Å². The third-order valence-electron chi connectivity index (χ3n) is 4.54. The molecule has 1 aliphatic carbocycles. The second-order valence-electron chi connectivity index (χ2n) is 6.55. The minimum Gasteiger partial charge on any atom is -0.483 e. The molecule has 0 aromatic heterocycles. The Kier molecular flexibility index (Phi) is 4.92. The molecule has 0 spiro atoms. The lowest BCUT2D eigenvalue weighted by molar-refractivity contribution is -0.134. The second-order valence-corrected chi connectivity index (χ2v) is 6.55. The van der Waals surface area contributed by atoms with Crippen molar-refractivity contribution in [3.63, 3.8) is 0 Å². The maximum atomic E-state index is 12.2. The summed E-state index contributed by atoms with van der Waals surface area (Å²) in [5, 5.41) is 0. The van der Waals surface area contributed by atoms with E-state index in [4.69, 9.17) is 4.74 Å². The van der Waals surface area contributed by atoms with E-state index < -0.39 is 0 Å². The van der Waals surface area contributed by atoms with Gasteiger partial charge in [0.15, 0.2) is 6.61 Å². The molecule has 3 nitrogen and oxygen atoms in total. The number of rotatable bonds is 6. The van der Waals surface area contributed by atoms with E-state index in [1.54, 1.807) is 0 Å². The Balaban J connectivity index is 1.95. The number of hydrogen-bond donors (Lipinski definition) is 0. The Hall–Kier alpha value is -1.51. The Bertz CT molecular complexity index is 506. The summed E-state index contributed by atoms with van der Waals surface area (Å²) < 4.78 is 5.77. The number of amides is 1. The number of likely N-dealkylation sites (N-methyl/N-ethyl adjacent to an activating group) is 1. The highest BCUT2D eigenvalue weighted by Crippen LogP contribution is 2.34. The largest absolute Gasteiger partial charge is 0.483 e. The average molecular weight is 289 g/mol. The number of carbonyl (C=O) groups is 1. The highest BCUT2D eigenvalue weighted by Gasteiger charge is 2.32. The molecule has 3 heteroatoms. The molecule has 116 valence electrons. The van der Waals surface area contributed by atoms with Crippen molar-refractivity contribution in [2.75, 3.05) is 13.7 Å². The van der Waals surface area contributed by atoms with E-state index in [-0.39, 0.29) is 12.5 Å². The summed E-state index contributed by atoms with van der Waals surface area (Å²) in [4.78, 5) is 14.1. The third-order valence-corrected chi connectivity index (χ3v) is 4.54. The van der Waals surface area contributed by atoms with Crippen LogP contribution in [0.4, 0.5) is 0 Å². The molecule has 1 amide bonds. The van der Waals surface area contributed by atoms with E-state index in [2.05, 4.69) is 39.0 Å². The number of aryl methyl sites for hydroxylation is 1. The molecule has 0 bridgehead atoms.